The van der Waals surface area contributed by atoms with E-state index in [1.54, 1.807) is 0 Å². The summed E-state index contributed by atoms with van der Waals surface area (Å²) >= 11 is 0. The van der Waals surface area contributed by atoms with Crippen molar-refractivity contribution < 1.29 is 19.0 Å². The topological polar surface area (TPSA) is 90.4 Å². The van der Waals surface area contributed by atoms with E-state index in [9.17, 15) is 4.79 Å². The molecule has 2 fully saturated rings. The third-order valence-corrected chi connectivity index (χ3v) is 7.71. The van der Waals surface area contributed by atoms with Crippen LogP contribution in [0, 0.1) is 6.92 Å². The number of anilines is 1. The number of aromatic nitrogens is 3. The highest BCUT2D eigenvalue weighted by molar-refractivity contribution is 6.05. The molecule has 2 aliphatic rings. The van der Waals surface area contributed by atoms with Gasteiger partial charge in [-0.3, -0.25) is 10.4 Å². The lowest BCUT2D eigenvalue weighted by Crippen LogP contribution is -2.25. The lowest BCUT2D eigenvalue weighted by molar-refractivity contribution is 0.0256. The van der Waals surface area contributed by atoms with Crippen molar-refractivity contribution in [2.75, 3.05) is 18.5 Å². The molecule has 0 unspecified atom stereocenters. The minimum atomic E-state index is -0.452. The number of carbonyl (C=O) groups is 1. The molecule has 204 valence electrons. The molecule has 0 atom stereocenters. The summed E-state index contributed by atoms with van der Waals surface area (Å²) in [4.78, 5) is 12.1. The molecule has 8 heteroatoms. The zero-order valence-corrected chi connectivity index (χ0v) is 22.8. The fourth-order valence-electron chi connectivity index (χ4n) is 5.58. The standard InChI is InChI=1S/C31H36N4O4/c1-19(2)38-31(36)33-22-9-7-21(8-10-22)30-28(29-20(3)18-32-34-29)26-12-11-25(39-24-13-15-37-16-14-24)17-27(26)35(30)23-5-4-6-23/h7-12,17-19,23-24H,4-6,13-16H2,1-3H3,(H,32,34)(H,33,36). The van der Waals surface area contributed by atoms with Crippen molar-refractivity contribution in [2.45, 2.75) is 71.1 Å². The van der Waals surface area contributed by atoms with Gasteiger partial charge in [0.2, 0.25) is 0 Å². The van der Waals surface area contributed by atoms with Gasteiger partial charge in [0.1, 0.15) is 11.9 Å². The Hall–Kier alpha value is -3.78. The number of hydrogen-bond donors (Lipinski definition) is 2. The first-order valence-electron chi connectivity index (χ1n) is 14.0. The van der Waals surface area contributed by atoms with Crippen LogP contribution in [0.2, 0.25) is 0 Å². The lowest BCUT2D eigenvalue weighted by atomic mass is 9.92. The van der Waals surface area contributed by atoms with Crippen molar-refractivity contribution in [2.24, 2.45) is 0 Å². The second kappa shape index (κ2) is 10.8. The Balaban J connectivity index is 1.46. The van der Waals surface area contributed by atoms with Crippen molar-refractivity contribution in [3.8, 4) is 28.3 Å². The summed E-state index contributed by atoms with van der Waals surface area (Å²) in [5.41, 5.74) is 7.37. The SMILES string of the molecule is Cc1cn[nH]c1-c1c(-c2ccc(NC(=O)OC(C)C)cc2)n(C2CCC2)c2cc(OC3CCOCC3)ccc12. The molecule has 1 saturated carbocycles. The van der Waals surface area contributed by atoms with Crippen molar-refractivity contribution >= 4 is 22.7 Å². The predicted molar refractivity (Wildman–Crippen MR) is 152 cm³/mol. The van der Waals surface area contributed by atoms with Crippen molar-refractivity contribution in [1.29, 1.82) is 0 Å². The van der Waals surface area contributed by atoms with Gasteiger partial charge in [-0.1, -0.05) is 12.1 Å². The van der Waals surface area contributed by atoms with Crippen molar-refractivity contribution in [3.63, 3.8) is 0 Å². The molecule has 0 spiro atoms. The minimum absolute atomic E-state index is 0.178. The average molecular weight is 529 g/mol. The Labute approximate surface area is 228 Å². The molecule has 6 rings (SSSR count). The molecule has 4 aromatic rings. The van der Waals surface area contributed by atoms with Gasteiger partial charge < -0.3 is 18.8 Å². The van der Waals surface area contributed by atoms with Gasteiger partial charge in [0.15, 0.2) is 0 Å². The van der Waals surface area contributed by atoms with E-state index >= 15 is 0 Å². The van der Waals surface area contributed by atoms with E-state index in [0.29, 0.717) is 11.7 Å². The molecular weight excluding hydrogens is 492 g/mol. The zero-order valence-electron chi connectivity index (χ0n) is 22.8. The molecule has 39 heavy (non-hydrogen) atoms. The summed E-state index contributed by atoms with van der Waals surface area (Å²) < 4.78 is 19.7. The third kappa shape index (κ3) is 5.13. The maximum absolute atomic E-state index is 12.1. The van der Waals surface area contributed by atoms with Gasteiger partial charge in [0.05, 0.1) is 42.4 Å². The van der Waals surface area contributed by atoms with E-state index in [4.69, 9.17) is 14.2 Å². The van der Waals surface area contributed by atoms with Gasteiger partial charge in [0.25, 0.3) is 0 Å². The molecular formula is C31H36N4O4. The molecule has 8 nitrogen and oxygen atoms in total. The van der Waals surface area contributed by atoms with Gasteiger partial charge in [-0.25, -0.2) is 4.79 Å². The van der Waals surface area contributed by atoms with Crippen LogP contribution in [0.15, 0.2) is 48.7 Å². The maximum Gasteiger partial charge on any atom is 0.411 e. The van der Waals surface area contributed by atoms with E-state index in [2.05, 4.69) is 57.3 Å². The van der Waals surface area contributed by atoms with Crippen LogP contribution >= 0.6 is 0 Å². The van der Waals surface area contributed by atoms with Gasteiger partial charge in [-0.05, 0) is 75.4 Å². The Morgan fingerprint density at radius 2 is 1.87 bits per heavy atom. The number of carbonyl (C=O) groups excluding carboxylic acids is 1. The Kier molecular flexibility index (Phi) is 7.04. The third-order valence-electron chi connectivity index (χ3n) is 7.71. The summed E-state index contributed by atoms with van der Waals surface area (Å²) in [5, 5.41) is 11.6. The lowest BCUT2D eigenvalue weighted by Gasteiger charge is -2.30. The normalized spacial score (nSPS) is 16.4. The van der Waals surface area contributed by atoms with Gasteiger partial charge in [-0.15, -0.1) is 0 Å². The summed E-state index contributed by atoms with van der Waals surface area (Å²) in [5.74, 6) is 0.898. The highest BCUT2D eigenvalue weighted by Gasteiger charge is 2.30. The number of H-pyrrole nitrogens is 1. The quantitative estimate of drug-likeness (QED) is 0.264. The summed E-state index contributed by atoms with van der Waals surface area (Å²) in [6.45, 7) is 7.25. The average Bonchev–Trinajstić information content (AvgIpc) is 3.44. The number of rotatable bonds is 7. The maximum atomic E-state index is 12.1. The monoisotopic (exact) mass is 528 g/mol. The number of hydrogen-bond acceptors (Lipinski definition) is 5. The number of nitrogens with zero attached hydrogens (tertiary/aromatic N) is 2. The van der Waals surface area contributed by atoms with Crippen LogP contribution in [0.3, 0.4) is 0 Å². The first kappa shape index (κ1) is 25.5. The van der Waals surface area contributed by atoms with Crippen LogP contribution in [0.5, 0.6) is 5.75 Å². The number of benzene rings is 2. The van der Waals surface area contributed by atoms with Crippen LogP contribution < -0.4 is 10.1 Å². The highest BCUT2D eigenvalue weighted by Crippen LogP contribution is 2.47. The van der Waals surface area contributed by atoms with E-state index in [1.807, 2.05) is 32.2 Å². The molecule has 2 aromatic carbocycles. The number of nitrogens with one attached hydrogen (secondary N) is 2. The van der Waals surface area contributed by atoms with Crippen LogP contribution in [-0.4, -0.2) is 46.3 Å². The van der Waals surface area contributed by atoms with E-state index < -0.39 is 6.09 Å². The number of ether oxygens (including phenoxy) is 3. The summed E-state index contributed by atoms with van der Waals surface area (Å²) in [6.07, 6.45) is 6.76. The van der Waals surface area contributed by atoms with Crippen molar-refractivity contribution in [1.82, 2.24) is 14.8 Å². The number of aromatic amines is 1. The minimum Gasteiger partial charge on any atom is -0.490 e. The number of amides is 1. The molecule has 1 aliphatic carbocycles. The smallest absolute Gasteiger partial charge is 0.411 e. The van der Waals surface area contributed by atoms with Gasteiger partial charge >= 0.3 is 6.09 Å². The molecule has 3 heterocycles. The predicted octanol–water partition coefficient (Wildman–Crippen LogP) is 7.25. The second-order valence-electron chi connectivity index (χ2n) is 10.9. The second-order valence-corrected chi connectivity index (χ2v) is 10.9. The summed E-state index contributed by atoms with van der Waals surface area (Å²) in [7, 11) is 0. The number of fused-ring (bicyclic) bond motifs is 1. The van der Waals surface area contributed by atoms with E-state index in [-0.39, 0.29) is 12.2 Å². The van der Waals surface area contributed by atoms with Gasteiger partial charge in [0, 0.05) is 41.6 Å². The van der Waals surface area contributed by atoms with E-state index in [1.165, 1.54) is 17.3 Å². The molecule has 0 bridgehead atoms. The Morgan fingerprint density at radius 1 is 1.10 bits per heavy atom. The van der Waals surface area contributed by atoms with Crippen LogP contribution in [0.25, 0.3) is 33.4 Å². The van der Waals surface area contributed by atoms with Gasteiger partial charge in [-0.2, -0.15) is 5.10 Å². The largest absolute Gasteiger partial charge is 0.490 e. The Morgan fingerprint density at radius 3 is 2.51 bits per heavy atom. The zero-order chi connectivity index (χ0) is 26.9. The molecule has 2 aromatic heterocycles. The fraction of sp³-hybridized carbons (Fsp3) is 0.419. The molecule has 2 N–H and O–H groups in total. The summed E-state index contributed by atoms with van der Waals surface area (Å²) in [6, 6.07) is 14.9. The Bertz CT molecular complexity index is 1460. The first-order valence-corrected chi connectivity index (χ1v) is 14.0. The molecule has 1 aliphatic heterocycles. The molecule has 0 radical (unpaired) electrons. The van der Waals surface area contributed by atoms with Crippen LogP contribution in [-0.2, 0) is 9.47 Å². The first-order chi connectivity index (χ1) is 19.0. The molecule has 1 amide bonds. The number of aryl methyl sites for hydroxylation is 1. The van der Waals surface area contributed by atoms with Crippen LogP contribution in [0.1, 0.15) is 57.6 Å². The highest BCUT2D eigenvalue weighted by atomic mass is 16.6. The fourth-order valence-corrected chi connectivity index (χ4v) is 5.58. The molecule has 1 saturated heterocycles. The van der Waals surface area contributed by atoms with Crippen LogP contribution in [0.4, 0.5) is 10.5 Å². The van der Waals surface area contributed by atoms with Crippen molar-refractivity contribution in [3.05, 3.63) is 54.2 Å². The van der Waals surface area contributed by atoms with E-state index in [0.717, 1.165) is 72.7 Å².